The molecule has 1 aromatic rings. The zero-order chi connectivity index (χ0) is 20.1. The fraction of sp³-hybridized carbons (Fsp3) is 0.579. The van der Waals surface area contributed by atoms with E-state index in [-0.39, 0.29) is 24.1 Å². The molecule has 28 heavy (non-hydrogen) atoms. The maximum atomic E-state index is 14.2. The molecule has 0 atom stereocenters. The van der Waals surface area contributed by atoms with E-state index in [4.69, 9.17) is 0 Å². The molecule has 3 rings (SSSR count). The summed E-state index contributed by atoms with van der Waals surface area (Å²) in [5.41, 5.74) is 0.00429. The Kier molecular flexibility index (Phi) is 6.66. The number of sulfonamides is 1. The highest BCUT2D eigenvalue weighted by Gasteiger charge is 2.30. The molecule has 7 nitrogen and oxygen atoms in total. The Balaban J connectivity index is 1.63. The van der Waals surface area contributed by atoms with E-state index in [0.717, 1.165) is 50.7 Å². The molecule has 1 aliphatic carbocycles. The summed E-state index contributed by atoms with van der Waals surface area (Å²) in [6.45, 7) is 0.486. The van der Waals surface area contributed by atoms with E-state index in [1.54, 1.807) is 0 Å². The van der Waals surface area contributed by atoms with Crippen LogP contribution in [-0.4, -0.2) is 50.2 Å². The van der Waals surface area contributed by atoms with Crippen LogP contribution < -0.4 is 10.6 Å². The van der Waals surface area contributed by atoms with Crippen molar-refractivity contribution in [3.05, 3.63) is 29.6 Å². The van der Waals surface area contributed by atoms with Gasteiger partial charge in [-0.2, -0.15) is 4.31 Å². The molecule has 0 aromatic heterocycles. The number of halogens is 1. The fourth-order valence-corrected chi connectivity index (χ4v) is 5.31. The molecule has 0 radical (unpaired) electrons. The first-order valence-corrected chi connectivity index (χ1v) is 11.2. The van der Waals surface area contributed by atoms with E-state index >= 15 is 0 Å². The van der Waals surface area contributed by atoms with Gasteiger partial charge in [-0.05, 0) is 43.9 Å². The molecular formula is C19H26FN3O4S. The van der Waals surface area contributed by atoms with Gasteiger partial charge in [0, 0.05) is 24.7 Å². The first-order chi connectivity index (χ1) is 13.4. The quantitative estimate of drug-likeness (QED) is 0.746. The number of amides is 2. The van der Waals surface area contributed by atoms with Gasteiger partial charge in [0.15, 0.2) is 0 Å². The lowest BCUT2D eigenvalue weighted by molar-refractivity contribution is -0.121. The van der Waals surface area contributed by atoms with Crippen molar-refractivity contribution in [3.8, 4) is 0 Å². The van der Waals surface area contributed by atoms with Crippen LogP contribution in [0.4, 0.5) is 4.39 Å². The summed E-state index contributed by atoms with van der Waals surface area (Å²) in [4.78, 5) is 23.8. The monoisotopic (exact) mass is 411 g/mol. The molecule has 2 amide bonds. The highest BCUT2D eigenvalue weighted by atomic mass is 32.2. The Bertz CT molecular complexity index is 832. The Morgan fingerprint density at radius 2 is 1.75 bits per heavy atom. The molecule has 0 unspecified atom stereocenters. The number of hydrogen-bond acceptors (Lipinski definition) is 4. The van der Waals surface area contributed by atoms with Gasteiger partial charge in [0.1, 0.15) is 10.7 Å². The number of carbonyl (C=O) groups is 2. The first kappa shape index (κ1) is 20.7. The van der Waals surface area contributed by atoms with Crippen LogP contribution in [0.2, 0.25) is 0 Å². The minimum Gasteiger partial charge on any atom is -0.352 e. The van der Waals surface area contributed by atoms with E-state index in [1.807, 2.05) is 0 Å². The molecule has 154 valence electrons. The molecule has 1 aromatic carbocycles. The molecule has 1 saturated carbocycles. The number of nitrogens with zero attached hydrogens (tertiary/aromatic N) is 1. The Hall–Kier alpha value is -2.00. The van der Waals surface area contributed by atoms with Crippen LogP contribution >= 0.6 is 0 Å². The van der Waals surface area contributed by atoms with Gasteiger partial charge >= 0.3 is 0 Å². The van der Waals surface area contributed by atoms with Crippen molar-refractivity contribution < 1.29 is 22.4 Å². The molecule has 1 saturated heterocycles. The van der Waals surface area contributed by atoms with Crippen molar-refractivity contribution in [2.24, 2.45) is 0 Å². The van der Waals surface area contributed by atoms with Crippen molar-refractivity contribution in [2.75, 3.05) is 19.6 Å². The molecule has 0 bridgehead atoms. The highest BCUT2D eigenvalue weighted by Crippen LogP contribution is 2.24. The summed E-state index contributed by atoms with van der Waals surface area (Å²) in [7, 11) is -3.98. The van der Waals surface area contributed by atoms with Gasteiger partial charge in [0.2, 0.25) is 15.9 Å². The molecule has 9 heteroatoms. The van der Waals surface area contributed by atoms with Crippen molar-refractivity contribution in [1.29, 1.82) is 0 Å². The summed E-state index contributed by atoms with van der Waals surface area (Å²) in [6, 6.07) is 3.37. The van der Waals surface area contributed by atoms with E-state index in [9.17, 15) is 22.4 Å². The van der Waals surface area contributed by atoms with Crippen LogP contribution in [0.25, 0.3) is 0 Å². The van der Waals surface area contributed by atoms with Crippen LogP contribution in [0, 0.1) is 5.82 Å². The topological polar surface area (TPSA) is 95.6 Å². The van der Waals surface area contributed by atoms with Crippen LogP contribution in [0.1, 0.15) is 55.3 Å². The van der Waals surface area contributed by atoms with Gasteiger partial charge in [0.05, 0.1) is 6.54 Å². The lowest BCUT2D eigenvalue weighted by Gasteiger charge is -2.22. The summed E-state index contributed by atoms with van der Waals surface area (Å²) < 4.78 is 40.6. The third-order valence-corrected chi connectivity index (χ3v) is 7.17. The summed E-state index contributed by atoms with van der Waals surface area (Å²) in [6.07, 6.45) is 6.69. The molecule has 0 spiro atoms. The number of nitrogens with one attached hydrogen (secondary N) is 2. The molecule has 2 aliphatic rings. The Morgan fingerprint density at radius 3 is 2.43 bits per heavy atom. The number of benzene rings is 1. The van der Waals surface area contributed by atoms with Crippen molar-refractivity contribution in [2.45, 2.75) is 55.9 Å². The summed E-state index contributed by atoms with van der Waals surface area (Å²) in [5.74, 6) is -1.79. The van der Waals surface area contributed by atoms with E-state index < -0.39 is 26.6 Å². The van der Waals surface area contributed by atoms with Gasteiger partial charge in [0.25, 0.3) is 5.91 Å². The molecule has 1 aliphatic heterocycles. The average molecular weight is 411 g/mol. The van der Waals surface area contributed by atoms with E-state index in [2.05, 4.69) is 10.6 Å². The SMILES string of the molecule is O=C(CNC(=O)c1ccc(F)c(S(=O)(=O)N2CCCC2)c1)NC1CCCCC1. The summed E-state index contributed by atoms with van der Waals surface area (Å²) in [5, 5.41) is 5.37. The maximum absolute atomic E-state index is 14.2. The van der Waals surface area contributed by atoms with Gasteiger partial charge in [-0.25, -0.2) is 12.8 Å². The number of carbonyl (C=O) groups excluding carboxylic acids is 2. The second-order valence-electron chi connectivity index (χ2n) is 7.34. The lowest BCUT2D eigenvalue weighted by atomic mass is 9.95. The zero-order valence-electron chi connectivity index (χ0n) is 15.7. The minimum atomic E-state index is -3.98. The predicted molar refractivity (Wildman–Crippen MR) is 102 cm³/mol. The molecule has 1 heterocycles. The third-order valence-electron chi connectivity index (χ3n) is 5.26. The number of hydrogen-bond donors (Lipinski definition) is 2. The van der Waals surface area contributed by atoms with Crippen molar-refractivity contribution in [3.63, 3.8) is 0 Å². The average Bonchev–Trinajstić information content (AvgIpc) is 3.23. The number of rotatable bonds is 6. The minimum absolute atomic E-state index is 0.00429. The van der Waals surface area contributed by atoms with Crippen LogP contribution in [0.3, 0.4) is 0 Å². The van der Waals surface area contributed by atoms with Crippen LogP contribution in [0.15, 0.2) is 23.1 Å². The lowest BCUT2D eigenvalue weighted by Crippen LogP contribution is -2.42. The van der Waals surface area contributed by atoms with Crippen molar-refractivity contribution >= 4 is 21.8 Å². The molecular weight excluding hydrogens is 385 g/mol. The second-order valence-corrected chi connectivity index (χ2v) is 9.25. The largest absolute Gasteiger partial charge is 0.352 e. The second kappa shape index (κ2) is 9.00. The highest BCUT2D eigenvalue weighted by molar-refractivity contribution is 7.89. The predicted octanol–water partition coefficient (Wildman–Crippen LogP) is 1.79. The van der Waals surface area contributed by atoms with Crippen molar-refractivity contribution in [1.82, 2.24) is 14.9 Å². The fourth-order valence-electron chi connectivity index (χ4n) is 3.70. The van der Waals surface area contributed by atoms with E-state index in [0.29, 0.717) is 13.1 Å². The Labute approximate surface area is 164 Å². The third kappa shape index (κ3) is 4.88. The smallest absolute Gasteiger partial charge is 0.251 e. The Morgan fingerprint density at radius 1 is 1.07 bits per heavy atom. The first-order valence-electron chi connectivity index (χ1n) is 9.75. The molecule has 2 N–H and O–H groups in total. The van der Waals surface area contributed by atoms with Crippen LogP contribution in [0.5, 0.6) is 0 Å². The van der Waals surface area contributed by atoms with Gasteiger partial charge in [-0.1, -0.05) is 19.3 Å². The maximum Gasteiger partial charge on any atom is 0.251 e. The normalized spacial score (nSPS) is 18.8. The van der Waals surface area contributed by atoms with E-state index in [1.165, 1.54) is 16.8 Å². The zero-order valence-corrected chi connectivity index (χ0v) is 16.6. The van der Waals surface area contributed by atoms with Crippen LogP contribution in [-0.2, 0) is 14.8 Å². The standard InChI is InChI=1S/C19H26FN3O4S/c20-16-9-8-14(12-17(16)28(26,27)23-10-4-5-11-23)19(25)21-13-18(24)22-15-6-2-1-3-7-15/h8-9,12,15H,1-7,10-11,13H2,(H,21,25)(H,22,24). The van der Waals surface area contributed by atoms with Gasteiger partial charge in [-0.3, -0.25) is 9.59 Å². The van der Waals surface area contributed by atoms with Gasteiger partial charge < -0.3 is 10.6 Å². The molecule has 2 fully saturated rings. The van der Waals surface area contributed by atoms with Gasteiger partial charge in [-0.15, -0.1) is 0 Å². The summed E-state index contributed by atoms with van der Waals surface area (Å²) >= 11 is 0.